The molecule has 64 heavy (non-hydrogen) atoms. The second-order valence-corrected chi connectivity index (χ2v) is 15.2. The number of hydrogen-bond donors (Lipinski definition) is 7. The molecule has 350 valence electrons. The van der Waals surface area contributed by atoms with Crippen LogP contribution in [0.1, 0.15) is 41.5 Å². The predicted molar refractivity (Wildman–Crippen MR) is 208 cm³/mol. The monoisotopic (exact) mass is 908 g/mol. The topological polar surface area (TPSA) is 332 Å². The van der Waals surface area contributed by atoms with Crippen molar-refractivity contribution < 1.29 is 107 Å². The third-order valence-corrected chi connectivity index (χ3v) is 10.4. The number of aliphatic hydroxyl groups excluding tert-OH is 4. The van der Waals surface area contributed by atoms with Gasteiger partial charge in [0.1, 0.15) is 64.8 Å². The van der Waals surface area contributed by atoms with E-state index in [9.17, 15) is 59.7 Å². The molecular weight excluding hydrogens is 860 g/mol. The molecule has 7 N–H and O–H groups in total. The maximum absolute atomic E-state index is 13.9. The lowest BCUT2D eigenvalue weighted by Crippen LogP contribution is -2.65. The third-order valence-electron chi connectivity index (χ3n) is 10.4. The van der Waals surface area contributed by atoms with Crippen molar-refractivity contribution in [2.24, 2.45) is 0 Å². The van der Waals surface area contributed by atoms with Crippen LogP contribution in [-0.4, -0.2) is 158 Å². The quantitative estimate of drug-likeness (QED) is 0.0909. The van der Waals surface area contributed by atoms with Crippen LogP contribution in [0, 0.1) is 0 Å². The first-order valence-corrected chi connectivity index (χ1v) is 19.8. The van der Waals surface area contributed by atoms with Gasteiger partial charge >= 0.3 is 23.9 Å². The number of carbonyl (C=O) groups excluding carboxylic acids is 4. The molecule has 15 atom stereocenters. The first kappa shape index (κ1) is 47.8. The summed E-state index contributed by atoms with van der Waals surface area (Å²) in [5.74, 6) is -5.64. The number of benzene rings is 2. The number of carbonyl (C=O) groups is 4. The fourth-order valence-electron chi connectivity index (χ4n) is 7.51. The Labute approximate surface area is 362 Å². The summed E-state index contributed by atoms with van der Waals surface area (Å²) >= 11 is 0. The molecule has 1 aromatic heterocycles. The number of aromatic hydroxyl groups is 3. The minimum Gasteiger partial charge on any atom is -0.508 e. The summed E-state index contributed by atoms with van der Waals surface area (Å²) < 4.78 is 63.0. The Morgan fingerprint density at radius 1 is 0.609 bits per heavy atom. The number of esters is 4. The van der Waals surface area contributed by atoms with Gasteiger partial charge in [0.05, 0.1) is 18.8 Å². The highest BCUT2D eigenvalue weighted by molar-refractivity contribution is 5.88. The first-order valence-electron chi connectivity index (χ1n) is 19.8. The molecule has 0 spiro atoms. The fourth-order valence-corrected chi connectivity index (χ4v) is 7.51. The van der Waals surface area contributed by atoms with E-state index in [2.05, 4.69) is 0 Å². The molecule has 0 amide bonds. The highest BCUT2D eigenvalue weighted by Gasteiger charge is 2.55. The number of phenols is 3. The van der Waals surface area contributed by atoms with Crippen LogP contribution >= 0.6 is 0 Å². The molecule has 3 fully saturated rings. The SMILES string of the molecule is CC(=O)OC1C(C)OC(OCC2OC(Oc3c(-c4ccc(O)cc4)oc4cc(O)cc(O)c4c3=O)C(O)C(O)C2O)C(O)C1OC1OC(C)C(OC(C)=O)C(OC(C)=O)C1OC(C)=O. The minimum absolute atomic E-state index is 0.139. The van der Waals surface area contributed by atoms with E-state index >= 15 is 0 Å². The van der Waals surface area contributed by atoms with Crippen LogP contribution < -0.4 is 10.2 Å². The smallest absolute Gasteiger partial charge is 0.303 e. The number of phenolic OH excluding ortho intramolecular Hbond substituents is 3. The zero-order chi connectivity index (χ0) is 46.9. The van der Waals surface area contributed by atoms with E-state index in [-0.39, 0.29) is 22.7 Å². The third kappa shape index (κ3) is 10.3. The van der Waals surface area contributed by atoms with Crippen molar-refractivity contribution in [2.45, 2.75) is 134 Å². The van der Waals surface area contributed by atoms with Crippen molar-refractivity contribution >= 4 is 34.8 Å². The minimum atomic E-state index is -2.04. The Bertz CT molecular complexity index is 2240. The first-order chi connectivity index (χ1) is 30.1. The molecule has 6 rings (SSSR count). The molecule has 3 aromatic rings. The summed E-state index contributed by atoms with van der Waals surface area (Å²) in [6.45, 7) is 6.38. The maximum atomic E-state index is 13.9. The Morgan fingerprint density at radius 2 is 1.16 bits per heavy atom. The number of fused-ring (bicyclic) bond motifs is 1. The van der Waals surface area contributed by atoms with E-state index in [1.807, 2.05) is 0 Å². The molecule has 15 unspecified atom stereocenters. The molecule has 3 aliphatic heterocycles. The summed E-state index contributed by atoms with van der Waals surface area (Å²) in [5, 5.41) is 74.8. The molecule has 3 saturated heterocycles. The van der Waals surface area contributed by atoms with Gasteiger partial charge in [-0.3, -0.25) is 24.0 Å². The highest BCUT2D eigenvalue weighted by Crippen LogP contribution is 2.39. The summed E-state index contributed by atoms with van der Waals surface area (Å²) in [7, 11) is 0. The summed E-state index contributed by atoms with van der Waals surface area (Å²) in [6.07, 6.45) is -24.6. The normalized spacial score (nSPS) is 32.9. The Kier molecular flexibility index (Phi) is 14.7. The fraction of sp³-hybridized carbons (Fsp3) is 0.537. The van der Waals surface area contributed by atoms with Gasteiger partial charge in [-0.05, 0) is 38.1 Å². The Morgan fingerprint density at radius 3 is 1.75 bits per heavy atom. The van der Waals surface area contributed by atoms with Crippen molar-refractivity contribution in [3.05, 3.63) is 46.6 Å². The molecule has 2 aromatic carbocycles. The van der Waals surface area contributed by atoms with Crippen LogP contribution in [0.3, 0.4) is 0 Å². The van der Waals surface area contributed by atoms with Crippen LogP contribution in [0.4, 0.5) is 0 Å². The van der Waals surface area contributed by atoms with Gasteiger partial charge in [0.2, 0.25) is 17.5 Å². The molecule has 3 aliphatic rings. The number of rotatable bonds is 12. The van der Waals surface area contributed by atoms with Crippen molar-refractivity contribution in [1.29, 1.82) is 0 Å². The van der Waals surface area contributed by atoms with Crippen molar-refractivity contribution in [3.63, 3.8) is 0 Å². The van der Waals surface area contributed by atoms with Crippen molar-refractivity contribution in [3.8, 4) is 34.3 Å². The van der Waals surface area contributed by atoms with Crippen molar-refractivity contribution in [1.82, 2.24) is 0 Å². The van der Waals surface area contributed by atoms with E-state index in [4.69, 9.17) is 51.8 Å². The van der Waals surface area contributed by atoms with E-state index in [1.54, 1.807) is 0 Å². The lowest BCUT2D eigenvalue weighted by atomic mass is 9.96. The average Bonchev–Trinajstić information content (AvgIpc) is 3.20. The van der Waals surface area contributed by atoms with Crippen molar-refractivity contribution in [2.75, 3.05) is 6.61 Å². The molecule has 23 heteroatoms. The van der Waals surface area contributed by atoms with Gasteiger partial charge < -0.3 is 87.5 Å². The van der Waals surface area contributed by atoms with E-state index in [1.165, 1.54) is 38.1 Å². The zero-order valence-electron chi connectivity index (χ0n) is 35.0. The summed E-state index contributed by atoms with van der Waals surface area (Å²) in [4.78, 5) is 62.7. The number of aliphatic hydroxyl groups is 4. The Balaban J connectivity index is 1.26. The van der Waals surface area contributed by atoms with Gasteiger partial charge in [0, 0.05) is 45.4 Å². The second-order valence-electron chi connectivity index (χ2n) is 15.2. The van der Waals surface area contributed by atoms with Crippen LogP contribution in [0.15, 0.2) is 45.6 Å². The Hall–Kier alpha value is -5.63. The predicted octanol–water partition coefficient (Wildman–Crippen LogP) is -0.258. The van der Waals surface area contributed by atoms with Crippen LogP contribution in [0.2, 0.25) is 0 Å². The lowest BCUT2D eigenvalue weighted by molar-refractivity contribution is -0.360. The van der Waals surface area contributed by atoms with E-state index < -0.39 is 151 Å². The summed E-state index contributed by atoms with van der Waals surface area (Å²) in [6, 6.07) is 7.14. The van der Waals surface area contributed by atoms with Crippen LogP contribution in [0.5, 0.6) is 23.0 Å². The standard InChI is InChI=1S/C41H48O23/c1-14-32(57-16(3)42)36(64-41-38(60-19(6)45)37(59-18(5)44)33(15(2)56-41)58-17(4)43)31(53)39(55-14)54-13-25-27(49)29(51)30(52)40(62-25)63-35-28(50)26-23(48)11-22(47)12-24(26)61-34(35)20-7-9-21(46)10-8-20/h7-12,14-15,25,27,29-33,36-41,46-49,51-53H,13H2,1-6H3. The highest BCUT2D eigenvalue weighted by atomic mass is 16.8. The van der Waals surface area contributed by atoms with Crippen LogP contribution in [0.25, 0.3) is 22.3 Å². The van der Waals surface area contributed by atoms with Gasteiger partial charge in [0.25, 0.3) is 0 Å². The largest absolute Gasteiger partial charge is 0.508 e. The second kappa shape index (κ2) is 19.6. The zero-order valence-corrected chi connectivity index (χ0v) is 35.0. The van der Waals surface area contributed by atoms with E-state index in [0.717, 1.165) is 39.8 Å². The van der Waals surface area contributed by atoms with Gasteiger partial charge in [0.15, 0.2) is 42.8 Å². The maximum Gasteiger partial charge on any atom is 0.303 e. The lowest BCUT2D eigenvalue weighted by Gasteiger charge is -2.48. The average molecular weight is 909 g/mol. The molecule has 0 aliphatic carbocycles. The van der Waals surface area contributed by atoms with Crippen LogP contribution in [-0.2, 0) is 61.8 Å². The van der Waals surface area contributed by atoms with Gasteiger partial charge in [-0.15, -0.1) is 0 Å². The van der Waals surface area contributed by atoms with E-state index in [0.29, 0.717) is 0 Å². The van der Waals surface area contributed by atoms with Gasteiger partial charge in [-0.25, -0.2) is 0 Å². The molecule has 0 radical (unpaired) electrons. The molecule has 0 bridgehead atoms. The molecule has 23 nitrogen and oxygen atoms in total. The van der Waals surface area contributed by atoms with Gasteiger partial charge in [-0.1, -0.05) is 0 Å². The molecule has 0 saturated carbocycles. The molecule has 4 heterocycles. The summed E-state index contributed by atoms with van der Waals surface area (Å²) in [5.41, 5.74) is -1.15. The number of ether oxygens (including phenoxy) is 10. The molecular formula is C41H48O23. The number of hydrogen-bond acceptors (Lipinski definition) is 23. The van der Waals surface area contributed by atoms with Gasteiger partial charge in [-0.2, -0.15) is 0 Å².